The maximum absolute atomic E-state index is 12.9. The highest BCUT2D eigenvalue weighted by atomic mass is 32.2. The van der Waals surface area contributed by atoms with Crippen molar-refractivity contribution < 1.29 is 39.1 Å². The number of hydrogen-bond donors (Lipinski definition) is 3. The first-order chi connectivity index (χ1) is 23.4. The highest BCUT2D eigenvalue weighted by Gasteiger charge is 2.29. The van der Waals surface area contributed by atoms with Crippen molar-refractivity contribution in [3.63, 3.8) is 0 Å². The number of nitrogens with one attached hydrogen (secondary N) is 1. The summed E-state index contributed by atoms with van der Waals surface area (Å²) in [5.41, 5.74) is 5.02. The number of benzene rings is 4. The van der Waals surface area contributed by atoms with Gasteiger partial charge in [0.2, 0.25) is 0 Å². The lowest BCUT2D eigenvalue weighted by Crippen LogP contribution is -2.22. The second-order valence-electron chi connectivity index (χ2n) is 12.1. The van der Waals surface area contributed by atoms with Crippen molar-refractivity contribution >= 4 is 48.1 Å². The van der Waals surface area contributed by atoms with Gasteiger partial charge in [0.1, 0.15) is 4.90 Å². The summed E-state index contributed by atoms with van der Waals surface area (Å²) in [6, 6.07) is 18.8. The normalized spacial score (nSPS) is 13.0. The Labute approximate surface area is 292 Å². The van der Waals surface area contributed by atoms with E-state index in [1.807, 2.05) is 63.2 Å². The van der Waals surface area contributed by atoms with Crippen LogP contribution in [0.5, 0.6) is 0 Å². The second kappa shape index (κ2) is 15.6. The Hall–Kier alpha value is -3.85. The molecule has 50 heavy (non-hydrogen) atoms. The van der Waals surface area contributed by atoms with Gasteiger partial charge in [-0.25, -0.2) is 0 Å². The molecule has 4 aromatic carbocycles. The number of aryl methyl sites for hydroxylation is 1. The summed E-state index contributed by atoms with van der Waals surface area (Å²) in [4.78, 5) is 2.79. The van der Waals surface area contributed by atoms with Gasteiger partial charge in [-0.1, -0.05) is 24.3 Å². The first-order valence-electron chi connectivity index (χ1n) is 16.5. The molecular formula is C36H44F3N3O6S2. The third kappa shape index (κ3) is 8.89. The molecule has 1 atom stereocenters. The summed E-state index contributed by atoms with van der Waals surface area (Å²) in [6.07, 6.45) is -5.80. The van der Waals surface area contributed by atoms with Gasteiger partial charge >= 0.3 is 6.18 Å². The lowest BCUT2D eigenvalue weighted by molar-refractivity contribution is -0.134. The largest absolute Gasteiger partial charge is 0.389 e. The maximum Gasteiger partial charge on any atom is 0.389 e. The van der Waals surface area contributed by atoms with E-state index in [4.69, 9.17) is 0 Å². The molecule has 9 nitrogen and oxygen atoms in total. The molecule has 0 aromatic heterocycles. The fraction of sp³-hybridized carbons (Fsp3) is 0.389. The Kier molecular flexibility index (Phi) is 12.1. The summed E-state index contributed by atoms with van der Waals surface area (Å²) >= 11 is 0. The minimum absolute atomic E-state index is 0.0682. The summed E-state index contributed by atoms with van der Waals surface area (Å²) in [5.74, 6) is -0.612. The molecule has 0 aliphatic rings. The molecule has 1 unspecified atom stereocenters. The molecule has 4 aromatic rings. The van der Waals surface area contributed by atoms with Gasteiger partial charge in [-0.05, 0) is 111 Å². The number of nitrogens with zero attached hydrogens (tertiary/aromatic N) is 2. The van der Waals surface area contributed by atoms with E-state index in [1.165, 1.54) is 6.07 Å². The third-order valence-electron chi connectivity index (χ3n) is 8.97. The lowest BCUT2D eigenvalue weighted by Gasteiger charge is -2.27. The fourth-order valence-corrected chi connectivity index (χ4v) is 7.83. The predicted octanol–water partition coefficient (Wildman–Crippen LogP) is 8.27. The van der Waals surface area contributed by atoms with Gasteiger partial charge in [0.05, 0.1) is 4.90 Å². The van der Waals surface area contributed by atoms with Crippen LogP contribution in [-0.2, 0) is 20.2 Å². The van der Waals surface area contributed by atoms with Crippen LogP contribution in [0.15, 0.2) is 76.5 Å². The molecule has 272 valence electrons. The molecule has 0 aliphatic carbocycles. The fourth-order valence-electron chi connectivity index (χ4n) is 6.47. The molecule has 0 spiro atoms. The number of halogens is 3. The Morgan fingerprint density at radius 3 is 1.82 bits per heavy atom. The number of rotatable bonds is 15. The van der Waals surface area contributed by atoms with Gasteiger partial charge in [0.15, 0.2) is 0 Å². The van der Waals surface area contributed by atoms with Crippen molar-refractivity contribution in [1.82, 2.24) is 0 Å². The number of hydrogen-bond acceptors (Lipinski definition) is 7. The van der Waals surface area contributed by atoms with E-state index in [1.54, 1.807) is 6.07 Å². The molecule has 0 fully saturated rings. The monoisotopic (exact) mass is 735 g/mol. The van der Waals surface area contributed by atoms with Crippen molar-refractivity contribution in [2.24, 2.45) is 0 Å². The molecule has 0 radical (unpaired) electrons. The van der Waals surface area contributed by atoms with Crippen LogP contribution in [-0.4, -0.2) is 64.8 Å². The Balaban J connectivity index is 2.08. The van der Waals surface area contributed by atoms with E-state index in [0.717, 1.165) is 60.3 Å². The van der Waals surface area contributed by atoms with Crippen molar-refractivity contribution in [3.05, 3.63) is 89.0 Å². The summed E-state index contributed by atoms with van der Waals surface area (Å²) in [7, 11) is -10.1. The molecule has 3 N–H and O–H groups in total. The van der Waals surface area contributed by atoms with Gasteiger partial charge < -0.3 is 15.1 Å². The standard InChI is InChI=1S/C36H44F3N3O6S2/c1-6-41(7-2)26-13-11-25(12-14-26)34(29-16-15-27(21-24(29)5)42(8-3)9-4)30-17-18-32(40-20-10-19-36(37,38)39)35-31(30)22-28(49(43,44)45)23-33(35)50(46,47)48/h11-18,21-23,34,40H,6-10,19-20H2,1-5H3,(H,43,44,45)(H,46,47,48). The third-order valence-corrected chi connectivity index (χ3v) is 10.7. The molecule has 4 rings (SSSR count). The van der Waals surface area contributed by atoms with Crippen molar-refractivity contribution in [2.75, 3.05) is 47.8 Å². The predicted molar refractivity (Wildman–Crippen MR) is 193 cm³/mol. The van der Waals surface area contributed by atoms with Crippen LogP contribution in [0.25, 0.3) is 10.8 Å². The molecule has 0 aliphatic heterocycles. The topological polar surface area (TPSA) is 127 Å². The quantitative estimate of drug-likeness (QED) is 0.0628. The van der Waals surface area contributed by atoms with Gasteiger partial charge in [-0.15, -0.1) is 0 Å². The Morgan fingerprint density at radius 2 is 1.30 bits per heavy atom. The van der Waals surface area contributed by atoms with Crippen LogP contribution < -0.4 is 15.1 Å². The van der Waals surface area contributed by atoms with Gasteiger partial charge in [-0.2, -0.15) is 30.0 Å². The first kappa shape index (κ1) is 38.9. The van der Waals surface area contributed by atoms with Crippen LogP contribution >= 0.6 is 0 Å². The van der Waals surface area contributed by atoms with Gasteiger partial charge in [0.25, 0.3) is 20.2 Å². The van der Waals surface area contributed by atoms with E-state index in [-0.39, 0.29) is 29.4 Å². The highest BCUT2D eigenvalue weighted by molar-refractivity contribution is 7.86. The molecule has 0 heterocycles. The second-order valence-corrected chi connectivity index (χ2v) is 14.9. The Morgan fingerprint density at radius 1 is 0.740 bits per heavy atom. The summed E-state index contributed by atoms with van der Waals surface area (Å²) in [5, 5.41) is 2.80. The zero-order valence-electron chi connectivity index (χ0n) is 28.8. The minimum atomic E-state index is -5.12. The molecule has 0 bridgehead atoms. The first-order valence-corrected chi connectivity index (χ1v) is 19.4. The smallest absolute Gasteiger partial charge is 0.385 e. The van der Waals surface area contributed by atoms with Crippen LogP contribution in [0.4, 0.5) is 30.2 Å². The molecule has 14 heteroatoms. The van der Waals surface area contributed by atoms with Gasteiger partial charge in [-0.3, -0.25) is 9.11 Å². The number of fused-ring (bicyclic) bond motifs is 1. The van der Waals surface area contributed by atoms with Gasteiger partial charge in [0, 0.05) is 67.5 Å². The van der Waals surface area contributed by atoms with Crippen LogP contribution in [0.2, 0.25) is 0 Å². The summed E-state index contributed by atoms with van der Waals surface area (Å²) in [6.45, 7) is 13.1. The number of alkyl halides is 3. The van der Waals surface area contributed by atoms with Crippen LogP contribution in [0.3, 0.4) is 0 Å². The van der Waals surface area contributed by atoms with E-state index >= 15 is 0 Å². The Bertz CT molecular complexity index is 2030. The minimum Gasteiger partial charge on any atom is -0.385 e. The molecule has 0 saturated carbocycles. The average Bonchev–Trinajstić information content (AvgIpc) is 3.04. The zero-order valence-corrected chi connectivity index (χ0v) is 30.4. The number of anilines is 3. The lowest BCUT2D eigenvalue weighted by atomic mass is 9.80. The molecule has 0 saturated heterocycles. The molecular weight excluding hydrogens is 692 g/mol. The van der Waals surface area contributed by atoms with E-state index in [9.17, 15) is 39.1 Å². The SMILES string of the molecule is CCN(CC)c1ccc(C(c2ccc(N(CC)CC)cc2C)c2ccc(NCCCC(F)(F)F)c3c(S(=O)(=O)O)cc(S(=O)(=O)O)cc23)cc1. The highest BCUT2D eigenvalue weighted by Crippen LogP contribution is 2.43. The van der Waals surface area contributed by atoms with E-state index in [0.29, 0.717) is 11.6 Å². The van der Waals surface area contributed by atoms with E-state index in [2.05, 4.69) is 29.0 Å². The van der Waals surface area contributed by atoms with Crippen LogP contribution in [0, 0.1) is 6.92 Å². The van der Waals surface area contributed by atoms with Crippen molar-refractivity contribution in [2.45, 2.75) is 69.3 Å². The zero-order chi connectivity index (χ0) is 37.0. The molecule has 0 amide bonds. The van der Waals surface area contributed by atoms with Crippen molar-refractivity contribution in [1.29, 1.82) is 0 Å². The summed E-state index contributed by atoms with van der Waals surface area (Å²) < 4.78 is 110. The van der Waals surface area contributed by atoms with Crippen molar-refractivity contribution in [3.8, 4) is 0 Å². The van der Waals surface area contributed by atoms with E-state index < -0.39 is 48.5 Å². The maximum atomic E-state index is 12.9. The average molecular weight is 736 g/mol. The van der Waals surface area contributed by atoms with Crippen LogP contribution in [0.1, 0.15) is 68.7 Å².